The second kappa shape index (κ2) is 8.38. The predicted octanol–water partition coefficient (Wildman–Crippen LogP) is 2.40. The Balaban J connectivity index is 1.48. The molecule has 9 heteroatoms. The van der Waals surface area contributed by atoms with Crippen molar-refractivity contribution in [3.05, 3.63) is 24.2 Å². The minimum atomic E-state index is -0.0780. The summed E-state index contributed by atoms with van der Waals surface area (Å²) in [6, 6.07) is 3.82. The summed E-state index contributed by atoms with van der Waals surface area (Å²) in [6.07, 6.45) is 4.62. The molecule has 0 unspecified atom stereocenters. The number of imide groups is 1. The molecule has 8 nitrogen and oxygen atoms in total. The second-order valence-electron chi connectivity index (χ2n) is 7.41. The molecule has 0 saturated carbocycles. The summed E-state index contributed by atoms with van der Waals surface area (Å²) in [5.74, 6) is 2.89. The molecule has 0 N–H and O–H groups in total. The lowest BCUT2D eigenvalue weighted by molar-refractivity contribution is -0.137. The smallest absolute Gasteiger partial charge is 0.229 e. The van der Waals surface area contributed by atoms with Gasteiger partial charge in [-0.1, -0.05) is 18.7 Å². The van der Waals surface area contributed by atoms with Crippen molar-refractivity contribution in [2.75, 3.05) is 30.3 Å². The quantitative estimate of drug-likeness (QED) is 0.518. The van der Waals surface area contributed by atoms with Gasteiger partial charge in [-0.2, -0.15) is 0 Å². The third-order valence-corrected chi connectivity index (χ3v) is 6.31. The van der Waals surface area contributed by atoms with Gasteiger partial charge in [0.1, 0.15) is 5.76 Å². The average Bonchev–Trinajstić information content (AvgIpc) is 3.41. The minimum Gasteiger partial charge on any atom is -0.467 e. The Morgan fingerprint density at radius 3 is 2.61 bits per heavy atom. The highest BCUT2D eigenvalue weighted by Gasteiger charge is 2.29. The van der Waals surface area contributed by atoms with Gasteiger partial charge < -0.3 is 9.32 Å². The van der Waals surface area contributed by atoms with Gasteiger partial charge in [0, 0.05) is 38.2 Å². The largest absolute Gasteiger partial charge is 0.467 e. The Morgan fingerprint density at radius 2 is 1.93 bits per heavy atom. The van der Waals surface area contributed by atoms with Gasteiger partial charge in [-0.15, -0.1) is 10.2 Å². The lowest BCUT2D eigenvalue weighted by Gasteiger charge is -2.31. The van der Waals surface area contributed by atoms with Crippen molar-refractivity contribution in [3.8, 4) is 0 Å². The number of hydrogen-bond acceptors (Lipinski definition) is 7. The molecule has 2 aromatic rings. The summed E-state index contributed by atoms with van der Waals surface area (Å²) in [5, 5.41) is 9.63. The van der Waals surface area contributed by atoms with Crippen LogP contribution in [0.1, 0.15) is 38.4 Å². The van der Waals surface area contributed by atoms with Crippen molar-refractivity contribution in [1.82, 2.24) is 19.7 Å². The number of aromatic nitrogens is 3. The van der Waals surface area contributed by atoms with E-state index in [4.69, 9.17) is 4.42 Å². The van der Waals surface area contributed by atoms with E-state index in [-0.39, 0.29) is 11.8 Å². The molecule has 2 fully saturated rings. The summed E-state index contributed by atoms with van der Waals surface area (Å²) in [4.78, 5) is 27.2. The highest BCUT2D eigenvalue weighted by Crippen LogP contribution is 2.27. The molecular formula is C19H25N5O3S. The van der Waals surface area contributed by atoms with Crippen molar-refractivity contribution in [2.45, 2.75) is 44.3 Å². The maximum Gasteiger partial charge on any atom is 0.229 e. The number of hydrogen-bond donors (Lipinski definition) is 0. The molecule has 0 spiro atoms. The van der Waals surface area contributed by atoms with Crippen LogP contribution < -0.4 is 4.90 Å². The Morgan fingerprint density at radius 1 is 1.18 bits per heavy atom. The highest BCUT2D eigenvalue weighted by atomic mass is 32.2. The number of piperidine rings is 1. The maximum absolute atomic E-state index is 11.8. The molecule has 2 saturated heterocycles. The predicted molar refractivity (Wildman–Crippen MR) is 105 cm³/mol. The summed E-state index contributed by atoms with van der Waals surface area (Å²) in [5.41, 5.74) is 0. The van der Waals surface area contributed by atoms with E-state index in [9.17, 15) is 9.59 Å². The van der Waals surface area contributed by atoms with Crippen molar-refractivity contribution in [3.63, 3.8) is 0 Å². The average molecular weight is 404 g/mol. The van der Waals surface area contributed by atoms with E-state index >= 15 is 0 Å². The monoisotopic (exact) mass is 403 g/mol. The summed E-state index contributed by atoms with van der Waals surface area (Å²) >= 11 is 1.52. The number of rotatable bonds is 7. The van der Waals surface area contributed by atoms with E-state index in [1.165, 1.54) is 16.7 Å². The molecule has 0 radical (unpaired) electrons. The van der Waals surface area contributed by atoms with Gasteiger partial charge in [0.05, 0.1) is 12.8 Å². The fourth-order valence-electron chi connectivity index (χ4n) is 3.63. The van der Waals surface area contributed by atoms with Crippen LogP contribution in [0.5, 0.6) is 0 Å². The van der Waals surface area contributed by atoms with Crippen LogP contribution in [-0.2, 0) is 16.1 Å². The standard InChI is InChI=1S/C19H25N5O3S/c1-14-6-8-22(9-7-14)18-20-21-19(24(18)13-15-3-2-11-27-15)28-12-10-23-16(25)4-5-17(23)26/h2-3,11,14H,4-10,12-13H2,1H3. The molecule has 4 rings (SSSR count). The molecule has 2 aliphatic heterocycles. The lowest BCUT2D eigenvalue weighted by Crippen LogP contribution is -2.35. The normalized spacial score (nSPS) is 18.5. The summed E-state index contributed by atoms with van der Waals surface area (Å²) < 4.78 is 7.61. The van der Waals surface area contributed by atoms with Crippen LogP contribution in [0.4, 0.5) is 5.95 Å². The molecule has 4 heterocycles. The van der Waals surface area contributed by atoms with Crippen LogP contribution in [0.3, 0.4) is 0 Å². The number of thioether (sulfide) groups is 1. The van der Waals surface area contributed by atoms with E-state index in [0.717, 1.165) is 48.7 Å². The van der Waals surface area contributed by atoms with Gasteiger partial charge in [-0.25, -0.2) is 0 Å². The van der Waals surface area contributed by atoms with Gasteiger partial charge >= 0.3 is 0 Å². The van der Waals surface area contributed by atoms with Crippen molar-refractivity contribution >= 4 is 29.5 Å². The molecule has 2 aromatic heterocycles. The van der Waals surface area contributed by atoms with Gasteiger partial charge in [-0.3, -0.25) is 19.1 Å². The maximum atomic E-state index is 11.8. The molecule has 28 heavy (non-hydrogen) atoms. The zero-order chi connectivity index (χ0) is 19.5. The van der Waals surface area contributed by atoms with Crippen LogP contribution >= 0.6 is 11.8 Å². The SMILES string of the molecule is CC1CCN(c2nnc(SCCN3C(=O)CCC3=O)n2Cc2ccco2)CC1. The fourth-order valence-corrected chi connectivity index (χ4v) is 4.48. The number of likely N-dealkylation sites (tertiary alicyclic amines) is 1. The van der Waals surface area contributed by atoms with Gasteiger partial charge in [0.25, 0.3) is 0 Å². The van der Waals surface area contributed by atoms with E-state index in [1.54, 1.807) is 6.26 Å². The van der Waals surface area contributed by atoms with Gasteiger partial charge in [0.2, 0.25) is 17.8 Å². The van der Waals surface area contributed by atoms with Crippen LogP contribution in [0, 0.1) is 5.92 Å². The van der Waals surface area contributed by atoms with E-state index in [2.05, 4.69) is 26.6 Å². The molecule has 2 aliphatic rings. The van der Waals surface area contributed by atoms with Crippen LogP contribution in [-0.4, -0.2) is 56.9 Å². The first-order valence-corrected chi connectivity index (χ1v) is 10.8. The molecule has 0 aliphatic carbocycles. The number of nitrogens with zero attached hydrogens (tertiary/aromatic N) is 5. The van der Waals surface area contributed by atoms with Crippen LogP contribution in [0.15, 0.2) is 28.0 Å². The number of amides is 2. The van der Waals surface area contributed by atoms with E-state index < -0.39 is 0 Å². The number of furan rings is 1. The molecule has 0 bridgehead atoms. The first-order valence-electron chi connectivity index (χ1n) is 9.78. The fraction of sp³-hybridized carbons (Fsp3) is 0.579. The zero-order valence-corrected chi connectivity index (χ0v) is 16.9. The second-order valence-corrected chi connectivity index (χ2v) is 8.47. The van der Waals surface area contributed by atoms with Crippen molar-refractivity contribution in [2.24, 2.45) is 5.92 Å². The first-order chi connectivity index (χ1) is 13.6. The highest BCUT2D eigenvalue weighted by molar-refractivity contribution is 7.99. The molecule has 2 amide bonds. The summed E-state index contributed by atoms with van der Waals surface area (Å²) in [7, 11) is 0. The summed E-state index contributed by atoms with van der Waals surface area (Å²) in [6.45, 7) is 5.20. The third kappa shape index (κ3) is 4.09. The van der Waals surface area contributed by atoms with Crippen molar-refractivity contribution in [1.29, 1.82) is 0 Å². The number of anilines is 1. The molecule has 150 valence electrons. The molecular weight excluding hydrogens is 378 g/mol. The topological polar surface area (TPSA) is 84.5 Å². The van der Waals surface area contributed by atoms with Crippen LogP contribution in [0.25, 0.3) is 0 Å². The Bertz CT molecular complexity index is 811. The van der Waals surface area contributed by atoms with E-state index in [1.807, 2.05) is 12.1 Å². The van der Waals surface area contributed by atoms with Gasteiger partial charge in [-0.05, 0) is 30.9 Å². The number of carbonyl (C=O) groups excluding carboxylic acids is 2. The Hall–Kier alpha value is -2.29. The first kappa shape index (κ1) is 19.0. The van der Waals surface area contributed by atoms with Crippen molar-refractivity contribution < 1.29 is 14.0 Å². The molecule has 0 aromatic carbocycles. The third-order valence-electron chi connectivity index (χ3n) is 5.36. The van der Waals surface area contributed by atoms with E-state index in [0.29, 0.717) is 31.7 Å². The molecule has 0 atom stereocenters. The Labute approximate surface area is 168 Å². The zero-order valence-electron chi connectivity index (χ0n) is 16.0. The Kier molecular flexibility index (Phi) is 5.70. The lowest BCUT2D eigenvalue weighted by atomic mass is 10.00. The number of carbonyl (C=O) groups is 2. The van der Waals surface area contributed by atoms with Gasteiger partial charge in [0.15, 0.2) is 5.16 Å². The van der Waals surface area contributed by atoms with Crippen LogP contribution in [0.2, 0.25) is 0 Å². The minimum absolute atomic E-state index is 0.0780.